The smallest absolute Gasteiger partial charge is 0.246 e. The Morgan fingerprint density at radius 2 is 1.67 bits per heavy atom. The molecule has 0 amide bonds. The summed E-state index contributed by atoms with van der Waals surface area (Å²) in [4.78, 5) is 1.76. The van der Waals surface area contributed by atoms with Crippen molar-refractivity contribution in [3.05, 3.63) is 65.7 Å². The SMILES string of the molecule is O=S(=O)(c1ccccc1F)N1CCOC2(CN(Cc3ccc(F)cc3)CCCO2)C1. The monoisotopic (exact) mass is 438 g/mol. The van der Waals surface area contributed by atoms with Crippen molar-refractivity contribution in [1.29, 1.82) is 0 Å². The number of benzene rings is 2. The Morgan fingerprint density at radius 1 is 0.933 bits per heavy atom. The molecule has 0 aromatic heterocycles. The standard InChI is InChI=1S/C21H24F2N2O4S/c22-18-8-6-17(7-9-18)14-24-10-3-12-28-21(15-24)16-25(11-13-29-21)30(26,27)20-5-2-1-4-19(20)23/h1-2,4-9H,3,10-16H2. The summed E-state index contributed by atoms with van der Waals surface area (Å²) in [6.45, 7) is 2.33. The van der Waals surface area contributed by atoms with Gasteiger partial charge in [0.2, 0.25) is 10.0 Å². The normalized spacial score (nSPS) is 24.1. The van der Waals surface area contributed by atoms with E-state index in [-0.39, 0.29) is 30.4 Å². The molecule has 0 N–H and O–H groups in total. The molecule has 9 heteroatoms. The van der Waals surface area contributed by atoms with E-state index in [4.69, 9.17) is 9.47 Å². The second-order valence-electron chi connectivity index (χ2n) is 7.57. The van der Waals surface area contributed by atoms with E-state index in [2.05, 4.69) is 4.90 Å². The molecule has 162 valence electrons. The average Bonchev–Trinajstić information content (AvgIpc) is 2.92. The van der Waals surface area contributed by atoms with Crippen molar-refractivity contribution >= 4 is 10.0 Å². The van der Waals surface area contributed by atoms with E-state index < -0.39 is 21.6 Å². The van der Waals surface area contributed by atoms with Crippen molar-refractivity contribution < 1.29 is 26.7 Å². The van der Waals surface area contributed by atoms with Crippen LogP contribution in [0.2, 0.25) is 0 Å². The molecule has 2 fully saturated rings. The first-order valence-corrected chi connectivity index (χ1v) is 11.3. The van der Waals surface area contributed by atoms with Crippen molar-refractivity contribution in [2.45, 2.75) is 23.6 Å². The minimum atomic E-state index is -4.02. The molecule has 2 aliphatic heterocycles. The van der Waals surface area contributed by atoms with Gasteiger partial charge in [-0.25, -0.2) is 17.2 Å². The molecule has 6 nitrogen and oxygen atoms in total. The van der Waals surface area contributed by atoms with Gasteiger partial charge >= 0.3 is 0 Å². The van der Waals surface area contributed by atoms with Crippen LogP contribution in [0, 0.1) is 11.6 Å². The van der Waals surface area contributed by atoms with Gasteiger partial charge in [0.15, 0.2) is 5.79 Å². The molecule has 30 heavy (non-hydrogen) atoms. The molecule has 1 unspecified atom stereocenters. The summed E-state index contributed by atoms with van der Waals surface area (Å²) in [6.07, 6.45) is 0.756. The molecule has 0 saturated carbocycles. The fraction of sp³-hybridized carbons (Fsp3) is 0.429. The van der Waals surface area contributed by atoms with Gasteiger partial charge in [0, 0.05) is 19.6 Å². The van der Waals surface area contributed by atoms with Crippen LogP contribution in [-0.4, -0.2) is 62.8 Å². The number of ether oxygens (including phenoxy) is 2. The topological polar surface area (TPSA) is 59.1 Å². The van der Waals surface area contributed by atoms with Crippen LogP contribution in [0.1, 0.15) is 12.0 Å². The molecule has 2 aliphatic rings. The first kappa shape index (κ1) is 21.3. The number of nitrogens with zero attached hydrogens (tertiary/aromatic N) is 2. The van der Waals surface area contributed by atoms with Crippen molar-refractivity contribution in [2.24, 2.45) is 0 Å². The van der Waals surface area contributed by atoms with Gasteiger partial charge < -0.3 is 9.47 Å². The molecule has 2 heterocycles. The fourth-order valence-corrected chi connectivity index (χ4v) is 5.43. The van der Waals surface area contributed by atoms with Crippen LogP contribution in [-0.2, 0) is 26.0 Å². The van der Waals surface area contributed by atoms with Crippen LogP contribution in [0.4, 0.5) is 8.78 Å². The van der Waals surface area contributed by atoms with Gasteiger partial charge in [-0.15, -0.1) is 0 Å². The lowest BCUT2D eigenvalue weighted by atomic mass is 10.1. The summed E-state index contributed by atoms with van der Waals surface area (Å²) in [5.41, 5.74) is 0.945. The number of hydrogen-bond acceptors (Lipinski definition) is 5. The first-order chi connectivity index (χ1) is 14.4. The van der Waals surface area contributed by atoms with Crippen molar-refractivity contribution in [2.75, 3.05) is 39.4 Å². The van der Waals surface area contributed by atoms with Gasteiger partial charge in [-0.3, -0.25) is 4.90 Å². The zero-order valence-electron chi connectivity index (χ0n) is 16.5. The lowest BCUT2D eigenvalue weighted by molar-refractivity contribution is -0.257. The molecule has 2 saturated heterocycles. The Hall–Kier alpha value is -1.91. The number of morpholine rings is 1. The average molecular weight is 438 g/mol. The number of rotatable bonds is 4. The quantitative estimate of drug-likeness (QED) is 0.735. The molecule has 0 bridgehead atoms. The summed E-state index contributed by atoms with van der Waals surface area (Å²) in [5.74, 6) is -2.20. The highest BCUT2D eigenvalue weighted by Crippen LogP contribution is 2.29. The Kier molecular flexibility index (Phi) is 6.17. The second kappa shape index (κ2) is 8.68. The van der Waals surface area contributed by atoms with Crippen LogP contribution < -0.4 is 0 Å². The predicted octanol–water partition coefficient (Wildman–Crippen LogP) is 2.60. The summed E-state index contributed by atoms with van der Waals surface area (Å²) >= 11 is 0. The van der Waals surface area contributed by atoms with Crippen LogP contribution in [0.15, 0.2) is 53.4 Å². The Bertz CT molecular complexity index is 987. The lowest BCUT2D eigenvalue weighted by Crippen LogP contribution is -2.59. The third-order valence-electron chi connectivity index (χ3n) is 5.35. The van der Waals surface area contributed by atoms with E-state index in [0.717, 1.165) is 24.6 Å². The van der Waals surface area contributed by atoms with E-state index in [1.54, 1.807) is 12.1 Å². The first-order valence-electron chi connectivity index (χ1n) is 9.87. The molecule has 2 aromatic rings. The predicted molar refractivity (Wildman–Crippen MR) is 106 cm³/mol. The maximum atomic E-state index is 14.2. The van der Waals surface area contributed by atoms with E-state index in [1.165, 1.54) is 34.6 Å². The van der Waals surface area contributed by atoms with Crippen LogP contribution in [0.25, 0.3) is 0 Å². The summed E-state index contributed by atoms with van der Waals surface area (Å²) in [6, 6.07) is 11.6. The zero-order valence-corrected chi connectivity index (χ0v) is 17.3. The van der Waals surface area contributed by atoms with Gasteiger partial charge in [-0.05, 0) is 36.2 Å². The second-order valence-corrected chi connectivity index (χ2v) is 9.47. The number of sulfonamides is 1. The van der Waals surface area contributed by atoms with Gasteiger partial charge in [0.05, 0.1) is 26.3 Å². The fourth-order valence-electron chi connectivity index (χ4n) is 3.90. The molecule has 4 rings (SSSR count). The van der Waals surface area contributed by atoms with Gasteiger partial charge in [0.1, 0.15) is 16.5 Å². The minimum Gasteiger partial charge on any atom is -0.347 e. The van der Waals surface area contributed by atoms with Crippen LogP contribution >= 0.6 is 0 Å². The molecular weight excluding hydrogens is 414 g/mol. The molecular formula is C21H24F2N2O4S. The summed E-state index contributed by atoms with van der Waals surface area (Å²) in [5, 5.41) is 0. The highest BCUT2D eigenvalue weighted by Gasteiger charge is 2.44. The lowest BCUT2D eigenvalue weighted by Gasteiger charge is -2.42. The Labute approximate surface area is 175 Å². The van der Waals surface area contributed by atoms with Crippen LogP contribution in [0.5, 0.6) is 0 Å². The highest BCUT2D eigenvalue weighted by molar-refractivity contribution is 7.89. The van der Waals surface area contributed by atoms with Crippen LogP contribution in [0.3, 0.4) is 0 Å². The highest BCUT2D eigenvalue weighted by atomic mass is 32.2. The maximum absolute atomic E-state index is 14.2. The van der Waals surface area contributed by atoms with Gasteiger partial charge in [-0.1, -0.05) is 24.3 Å². The third kappa shape index (κ3) is 4.55. The minimum absolute atomic E-state index is 0.0242. The number of halogens is 2. The third-order valence-corrected chi connectivity index (χ3v) is 7.22. The molecule has 2 aromatic carbocycles. The summed E-state index contributed by atoms with van der Waals surface area (Å²) < 4.78 is 66.6. The molecule has 1 spiro atoms. The molecule has 0 aliphatic carbocycles. The number of hydrogen-bond donors (Lipinski definition) is 0. The maximum Gasteiger partial charge on any atom is 0.246 e. The van der Waals surface area contributed by atoms with Gasteiger partial charge in [-0.2, -0.15) is 4.31 Å². The van der Waals surface area contributed by atoms with E-state index in [1.807, 2.05) is 0 Å². The molecule has 0 radical (unpaired) electrons. The van der Waals surface area contributed by atoms with E-state index in [0.29, 0.717) is 19.7 Å². The van der Waals surface area contributed by atoms with Crippen molar-refractivity contribution in [3.63, 3.8) is 0 Å². The van der Waals surface area contributed by atoms with Gasteiger partial charge in [0.25, 0.3) is 0 Å². The Morgan fingerprint density at radius 3 is 2.43 bits per heavy atom. The zero-order chi connectivity index (χ0) is 21.2. The van der Waals surface area contributed by atoms with E-state index in [9.17, 15) is 17.2 Å². The van der Waals surface area contributed by atoms with E-state index >= 15 is 0 Å². The van der Waals surface area contributed by atoms with Crippen molar-refractivity contribution in [3.8, 4) is 0 Å². The Balaban J connectivity index is 1.53. The largest absolute Gasteiger partial charge is 0.347 e. The molecule has 1 atom stereocenters. The summed E-state index contributed by atoms with van der Waals surface area (Å²) in [7, 11) is -4.02. The van der Waals surface area contributed by atoms with Crippen molar-refractivity contribution in [1.82, 2.24) is 9.21 Å².